The van der Waals surface area contributed by atoms with Gasteiger partial charge in [0.05, 0.1) is 28.2 Å². The number of anilines is 1. The largest absolute Gasteiger partial charge is 0.418 e. The minimum absolute atomic E-state index is 0.0643. The molecule has 0 unspecified atom stereocenters. The van der Waals surface area contributed by atoms with Crippen molar-refractivity contribution >= 4 is 40.5 Å². The van der Waals surface area contributed by atoms with E-state index in [4.69, 9.17) is 11.6 Å². The molecule has 4 rings (SSSR count). The summed E-state index contributed by atoms with van der Waals surface area (Å²) in [6, 6.07) is 14.6. The number of thioether (sulfide) groups is 1. The molecule has 0 aliphatic heterocycles. The number of nitrogens with one attached hydrogen (secondary N) is 1. The van der Waals surface area contributed by atoms with Crippen molar-refractivity contribution in [2.75, 3.05) is 11.1 Å². The first kappa shape index (κ1) is 21.2. The van der Waals surface area contributed by atoms with Gasteiger partial charge >= 0.3 is 6.18 Å². The molecule has 0 aliphatic carbocycles. The number of fused-ring (bicyclic) bond motifs is 1. The Labute approximate surface area is 184 Å². The van der Waals surface area contributed by atoms with E-state index in [1.54, 1.807) is 16.9 Å². The number of benzene rings is 2. The highest BCUT2D eigenvalue weighted by Crippen LogP contribution is 2.36. The van der Waals surface area contributed by atoms with Gasteiger partial charge in [-0.05, 0) is 24.3 Å². The second-order valence-corrected chi connectivity index (χ2v) is 7.88. The zero-order chi connectivity index (χ0) is 22.0. The number of halogens is 4. The van der Waals surface area contributed by atoms with Crippen LogP contribution >= 0.6 is 23.4 Å². The van der Waals surface area contributed by atoms with E-state index < -0.39 is 17.6 Å². The summed E-state index contributed by atoms with van der Waals surface area (Å²) >= 11 is 6.78. The summed E-state index contributed by atoms with van der Waals surface area (Å²) in [6.07, 6.45) is -1.40. The third kappa shape index (κ3) is 4.83. The van der Waals surface area contributed by atoms with E-state index in [0.717, 1.165) is 35.2 Å². The molecule has 1 N–H and O–H groups in total. The van der Waals surface area contributed by atoms with Crippen LogP contribution in [0.2, 0.25) is 5.02 Å². The van der Waals surface area contributed by atoms with Gasteiger partial charge in [0.1, 0.15) is 5.03 Å². The molecule has 1 amide bonds. The quantitative estimate of drug-likeness (QED) is 0.381. The number of alkyl halides is 3. The van der Waals surface area contributed by atoms with E-state index >= 15 is 0 Å². The Morgan fingerprint density at radius 2 is 1.90 bits per heavy atom. The first-order valence-corrected chi connectivity index (χ1v) is 10.4. The van der Waals surface area contributed by atoms with Crippen LogP contribution in [0.1, 0.15) is 5.56 Å². The van der Waals surface area contributed by atoms with Gasteiger partial charge in [0.25, 0.3) is 0 Å². The average Bonchev–Trinajstić information content (AvgIpc) is 3.18. The maximum absolute atomic E-state index is 13.2. The number of hydrogen-bond acceptors (Lipinski definition) is 4. The van der Waals surface area contributed by atoms with E-state index in [9.17, 15) is 18.0 Å². The van der Waals surface area contributed by atoms with Crippen LogP contribution in [0.5, 0.6) is 0 Å². The average molecular weight is 463 g/mol. The second-order valence-electron chi connectivity index (χ2n) is 6.48. The van der Waals surface area contributed by atoms with Gasteiger partial charge in [-0.3, -0.25) is 4.79 Å². The molecule has 5 nitrogen and oxygen atoms in total. The Morgan fingerprint density at radius 3 is 2.65 bits per heavy atom. The van der Waals surface area contributed by atoms with Crippen molar-refractivity contribution in [2.24, 2.45) is 0 Å². The van der Waals surface area contributed by atoms with E-state index in [1.807, 2.05) is 36.4 Å². The summed E-state index contributed by atoms with van der Waals surface area (Å²) in [5.74, 6) is -0.720. The molecule has 10 heteroatoms. The Kier molecular flexibility index (Phi) is 5.88. The highest BCUT2D eigenvalue weighted by atomic mass is 35.5. The van der Waals surface area contributed by atoms with Crippen LogP contribution in [0.3, 0.4) is 0 Å². The summed E-state index contributed by atoms with van der Waals surface area (Å²) in [6.45, 7) is 0. The molecular weight excluding hydrogens is 449 g/mol. The Bertz CT molecular complexity index is 1240. The fourth-order valence-corrected chi connectivity index (χ4v) is 3.89. The van der Waals surface area contributed by atoms with Crippen molar-refractivity contribution in [3.63, 3.8) is 0 Å². The van der Waals surface area contributed by atoms with Gasteiger partial charge < -0.3 is 5.32 Å². The first-order chi connectivity index (χ1) is 14.8. The molecule has 158 valence electrons. The predicted molar refractivity (Wildman–Crippen MR) is 114 cm³/mol. The lowest BCUT2D eigenvalue weighted by atomic mass is 10.1. The van der Waals surface area contributed by atoms with Crippen LogP contribution < -0.4 is 5.32 Å². The van der Waals surface area contributed by atoms with Gasteiger partial charge in [-0.2, -0.15) is 18.3 Å². The number of carbonyl (C=O) groups is 1. The Morgan fingerprint density at radius 1 is 1.13 bits per heavy atom. The van der Waals surface area contributed by atoms with Gasteiger partial charge in [0.15, 0.2) is 0 Å². The zero-order valence-corrected chi connectivity index (χ0v) is 17.3. The van der Waals surface area contributed by atoms with Gasteiger partial charge in [-0.25, -0.2) is 9.50 Å². The smallest absolute Gasteiger partial charge is 0.325 e. The topological polar surface area (TPSA) is 59.3 Å². The molecule has 0 bridgehead atoms. The molecular formula is C21H14ClF3N4OS. The fraction of sp³-hybridized carbons (Fsp3) is 0.0952. The summed E-state index contributed by atoms with van der Waals surface area (Å²) in [4.78, 5) is 16.6. The SMILES string of the molecule is O=C(CSc1nccn2nc(-c3ccccc3)cc12)Nc1ccc(Cl)cc1C(F)(F)F. The maximum atomic E-state index is 13.2. The van der Waals surface area contributed by atoms with Crippen LogP contribution in [0.15, 0.2) is 72.0 Å². The molecule has 0 saturated heterocycles. The van der Waals surface area contributed by atoms with Crippen molar-refractivity contribution in [3.05, 3.63) is 77.6 Å². The van der Waals surface area contributed by atoms with Crippen LogP contribution in [-0.2, 0) is 11.0 Å². The zero-order valence-electron chi connectivity index (χ0n) is 15.7. The number of aromatic nitrogens is 3. The predicted octanol–water partition coefficient (Wildman–Crippen LogP) is 5.80. The Balaban J connectivity index is 1.51. The molecule has 2 aromatic heterocycles. The summed E-state index contributed by atoms with van der Waals surface area (Å²) in [7, 11) is 0. The normalized spacial score (nSPS) is 11.6. The molecule has 0 spiro atoms. The molecule has 31 heavy (non-hydrogen) atoms. The van der Waals surface area contributed by atoms with Gasteiger partial charge in [-0.1, -0.05) is 53.7 Å². The third-order valence-corrected chi connectivity index (χ3v) is 5.55. The fourth-order valence-electron chi connectivity index (χ4n) is 2.94. The number of hydrogen-bond donors (Lipinski definition) is 1. The summed E-state index contributed by atoms with van der Waals surface area (Å²) in [5, 5.41) is 7.29. The van der Waals surface area contributed by atoms with Gasteiger partial charge in [0.2, 0.25) is 5.91 Å². The lowest BCUT2D eigenvalue weighted by Gasteiger charge is -2.14. The van der Waals surface area contributed by atoms with E-state index in [1.165, 1.54) is 6.07 Å². The highest BCUT2D eigenvalue weighted by molar-refractivity contribution is 8.00. The molecule has 2 aromatic carbocycles. The molecule has 0 atom stereocenters. The number of nitrogens with zero attached hydrogens (tertiary/aromatic N) is 3. The lowest BCUT2D eigenvalue weighted by molar-refractivity contribution is -0.137. The number of rotatable bonds is 5. The Hall–Kier alpha value is -3.04. The van der Waals surface area contributed by atoms with Crippen molar-refractivity contribution in [2.45, 2.75) is 11.2 Å². The molecule has 2 heterocycles. The van der Waals surface area contributed by atoms with Gasteiger partial charge in [0, 0.05) is 23.0 Å². The monoisotopic (exact) mass is 462 g/mol. The molecule has 0 fully saturated rings. The first-order valence-electron chi connectivity index (χ1n) is 9.00. The van der Waals surface area contributed by atoms with Crippen LogP contribution in [-0.4, -0.2) is 26.3 Å². The van der Waals surface area contributed by atoms with Crippen molar-refractivity contribution < 1.29 is 18.0 Å². The van der Waals surface area contributed by atoms with E-state index in [-0.39, 0.29) is 16.5 Å². The molecule has 0 saturated carbocycles. The third-order valence-electron chi connectivity index (χ3n) is 4.33. The molecule has 0 aliphatic rings. The number of amides is 1. The molecule has 0 radical (unpaired) electrons. The molecule has 4 aromatic rings. The summed E-state index contributed by atoms with van der Waals surface area (Å²) < 4.78 is 41.3. The minimum atomic E-state index is -4.64. The van der Waals surface area contributed by atoms with Crippen molar-refractivity contribution in [1.82, 2.24) is 14.6 Å². The van der Waals surface area contributed by atoms with Gasteiger partial charge in [-0.15, -0.1) is 0 Å². The van der Waals surface area contributed by atoms with Crippen molar-refractivity contribution in [3.8, 4) is 11.3 Å². The number of carbonyl (C=O) groups excluding carboxylic acids is 1. The van der Waals surface area contributed by atoms with E-state index in [0.29, 0.717) is 10.5 Å². The van der Waals surface area contributed by atoms with Crippen LogP contribution in [0, 0.1) is 0 Å². The van der Waals surface area contributed by atoms with E-state index in [2.05, 4.69) is 15.4 Å². The second kappa shape index (κ2) is 8.60. The highest BCUT2D eigenvalue weighted by Gasteiger charge is 2.34. The maximum Gasteiger partial charge on any atom is 0.418 e. The van der Waals surface area contributed by atoms with Crippen LogP contribution in [0.25, 0.3) is 16.8 Å². The van der Waals surface area contributed by atoms with Crippen LogP contribution in [0.4, 0.5) is 18.9 Å². The standard InChI is InChI=1S/C21H14ClF3N4OS/c22-14-6-7-16(15(10-14)21(23,24)25)27-19(30)12-31-20-18-11-17(13-4-2-1-3-5-13)28-29(18)9-8-26-20/h1-11H,12H2,(H,27,30). The lowest BCUT2D eigenvalue weighted by Crippen LogP contribution is -2.18. The van der Waals surface area contributed by atoms with Crippen molar-refractivity contribution in [1.29, 1.82) is 0 Å². The summed E-state index contributed by atoms with van der Waals surface area (Å²) in [5.41, 5.74) is 1.03. The minimum Gasteiger partial charge on any atom is -0.325 e.